The molecule has 0 aliphatic rings. The SMILES string of the molecule is CCCN(CC(=O)Nc1ccccc1OC)C(=O)Cc1coc2c(C)c(C)ccc12. The van der Waals surface area contributed by atoms with Crippen LogP contribution in [0.3, 0.4) is 0 Å². The molecule has 1 aromatic heterocycles. The van der Waals surface area contributed by atoms with Gasteiger partial charge in [-0.1, -0.05) is 31.2 Å². The van der Waals surface area contributed by atoms with Gasteiger partial charge in [-0.05, 0) is 43.5 Å². The number of rotatable bonds is 8. The second-order valence-corrected chi connectivity index (χ2v) is 7.39. The van der Waals surface area contributed by atoms with Crippen molar-refractivity contribution in [2.24, 2.45) is 0 Å². The number of fused-ring (bicyclic) bond motifs is 1. The highest BCUT2D eigenvalue weighted by molar-refractivity contribution is 5.96. The molecule has 0 spiro atoms. The molecule has 158 valence electrons. The maximum Gasteiger partial charge on any atom is 0.244 e. The number of carbonyl (C=O) groups excluding carboxylic acids is 2. The van der Waals surface area contributed by atoms with Gasteiger partial charge in [0.1, 0.15) is 11.3 Å². The van der Waals surface area contributed by atoms with Crippen molar-refractivity contribution >= 4 is 28.5 Å². The van der Waals surface area contributed by atoms with E-state index in [1.165, 1.54) is 0 Å². The van der Waals surface area contributed by atoms with Crippen molar-refractivity contribution in [3.8, 4) is 5.75 Å². The summed E-state index contributed by atoms with van der Waals surface area (Å²) in [5.41, 5.74) is 4.46. The Kier molecular flexibility index (Phi) is 6.77. The van der Waals surface area contributed by atoms with E-state index in [1.54, 1.807) is 30.4 Å². The number of carbonyl (C=O) groups is 2. The molecule has 30 heavy (non-hydrogen) atoms. The molecule has 0 bridgehead atoms. The van der Waals surface area contributed by atoms with Crippen LogP contribution in [0.15, 0.2) is 47.1 Å². The van der Waals surface area contributed by atoms with Crippen LogP contribution in [-0.4, -0.2) is 36.9 Å². The number of aryl methyl sites for hydroxylation is 2. The van der Waals surface area contributed by atoms with Crippen molar-refractivity contribution < 1.29 is 18.7 Å². The molecule has 3 rings (SSSR count). The molecule has 0 aliphatic heterocycles. The van der Waals surface area contributed by atoms with Gasteiger partial charge in [-0.3, -0.25) is 9.59 Å². The van der Waals surface area contributed by atoms with Crippen LogP contribution in [0.1, 0.15) is 30.0 Å². The van der Waals surface area contributed by atoms with E-state index in [0.717, 1.165) is 34.1 Å². The van der Waals surface area contributed by atoms with Crippen LogP contribution in [0, 0.1) is 13.8 Å². The minimum Gasteiger partial charge on any atom is -0.495 e. The molecule has 6 nitrogen and oxygen atoms in total. The topological polar surface area (TPSA) is 71.8 Å². The zero-order valence-electron chi connectivity index (χ0n) is 18.0. The van der Waals surface area contributed by atoms with Crippen LogP contribution < -0.4 is 10.1 Å². The van der Waals surface area contributed by atoms with Gasteiger partial charge in [-0.25, -0.2) is 0 Å². The van der Waals surface area contributed by atoms with Gasteiger partial charge in [0.15, 0.2) is 0 Å². The van der Waals surface area contributed by atoms with Crippen LogP contribution >= 0.6 is 0 Å². The van der Waals surface area contributed by atoms with E-state index >= 15 is 0 Å². The lowest BCUT2D eigenvalue weighted by atomic mass is 10.0. The van der Waals surface area contributed by atoms with Crippen molar-refractivity contribution in [1.82, 2.24) is 4.90 Å². The summed E-state index contributed by atoms with van der Waals surface area (Å²) in [5.74, 6) is 0.215. The molecule has 0 atom stereocenters. The number of methoxy groups -OCH3 is 1. The smallest absolute Gasteiger partial charge is 0.244 e. The number of amides is 2. The van der Waals surface area contributed by atoms with Crippen LogP contribution in [0.4, 0.5) is 5.69 Å². The van der Waals surface area contributed by atoms with E-state index < -0.39 is 0 Å². The van der Waals surface area contributed by atoms with Gasteiger partial charge < -0.3 is 19.4 Å². The summed E-state index contributed by atoms with van der Waals surface area (Å²) < 4.78 is 11.0. The zero-order chi connectivity index (χ0) is 21.7. The highest BCUT2D eigenvalue weighted by Crippen LogP contribution is 2.27. The molecule has 0 unspecified atom stereocenters. The standard InChI is InChI=1S/C24H28N2O4/c1-5-12-26(14-22(27)25-20-8-6-7-9-21(20)29-4)23(28)13-18-15-30-24-17(3)16(2)10-11-19(18)24/h6-11,15H,5,12-14H2,1-4H3,(H,25,27). The van der Waals surface area contributed by atoms with Crippen molar-refractivity contribution in [2.75, 3.05) is 25.5 Å². The number of para-hydroxylation sites is 2. The van der Waals surface area contributed by atoms with Gasteiger partial charge in [-0.15, -0.1) is 0 Å². The number of nitrogens with one attached hydrogen (secondary N) is 1. The Morgan fingerprint density at radius 2 is 1.90 bits per heavy atom. The summed E-state index contributed by atoms with van der Waals surface area (Å²) in [6, 6.07) is 11.2. The van der Waals surface area contributed by atoms with E-state index in [9.17, 15) is 9.59 Å². The lowest BCUT2D eigenvalue weighted by Crippen LogP contribution is -2.39. The van der Waals surface area contributed by atoms with Crippen LogP contribution in [-0.2, 0) is 16.0 Å². The minimum absolute atomic E-state index is 0.0152. The molecule has 0 saturated carbocycles. The quantitative estimate of drug-likeness (QED) is 0.597. The third-order valence-electron chi connectivity index (χ3n) is 5.25. The zero-order valence-corrected chi connectivity index (χ0v) is 18.0. The van der Waals surface area contributed by atoms with Crippen molar-refractivity contribution in [3.05, 3.63) is 59.4 Å². The predicted molar refractivity (Wildman–Crippen MR) is 118 cm³/mol. The summed E-state index contributed by atoms with van der Waals surface area (Å²) in [6.07, 6.45) is 2.60. The van der Waals surface area contributed by atoms with Gasteiger partial charge in [0.05, 0.1) is 32.0 Å². The Bertz CT molecular complexity index is 1050. The van der Waals surface area contributed by atoms with Crippen LogP contribution in [0.5, 0.6) is 5.75 Å². The fourth-order valence-electron chi connectivity index (χ4n) is 3.47. The molecule has 1 N–H and O–H groups in total. The van der Waals surface area contributed by atoms with E-state index in [0.29, 0.717) is 18.0 Å². The predicted octanol–water partition coefficient (Wildman–Crippen LogP) is 4.48. The molecule has 0 aliphatic carbocycles. The molecule has 6 heteroatoms. The van der Waals surface area contributed by atoms with E-state index in [-0.39, 0.29) is 24.8 Å². The van der Waals surface area contributed by atoms with Crippen molar-refractivity contribution in [2.45, 2.75) is 33.6 Å². The maximum atomic E-state index is 13.0. The van der Waals surface area contributed by atoms with E-state index in [4.69, 9.17) is 9.15 Å². The third-order valence-corrected chi connectivity index (χ3v) is 5.25. The Labute approximate surface area is 176 Å². The fraction of sp³-hybridized carbons (Fsp3) is 0.333. The van der Waals surface area contributed by atoms with Gasteiger partial charge in [0.2, 0.25) is 11.8 Å². The van der Waals surface area contributed by atoms with Gasteiger partial charge >= 0.3 is 0 Å². The average molecular weight is 408 g/mol. The van der Waals surface area contributed by atoms with Gasteiger partial charge in [0.25, 0.3) is 0 Å². The molecule has 2 amide bonds. The summed E-state index contributed by atoms with van der Waals surface area (Å²) in [6.45, 7) is 6.52. The largest absolute Gasteiger partial charge is 0.495 e. The number of hydrogen-bond acceptors (Lipinski definition) is 4. The molecule has 0 radical (unpaired) electrons. The normalized spacial score (nSPS) is 10.8. The molecule has 1 heterocycles. The number of benzene rings is 2. The van der Waals surface area contributed by atoms with E-state index in [2.05, 4.69) is 5.32 Å². The Hall–Kier alpha value is -3.28. The first-order chi connectivity index (χ1) is 14.4. The summed E-state index contributed by atoms with van der Waals surface area (Å²) in [7, 11) is 1.55. The Morgan fingerprint density at radius 3 is 2.63 bits per heavy atom. The number of ether oxygens (including phenoxy) is 1. The lowest BCUT2D eigenvalue weighted by Gasteiger charge is -2.22. The van der Waals surface area contributed by atoms with Gasteiger partial charge in [0, 0.05) is 17.5 Å². The molecule has 2 aromatic carbocycles. The molecular formula is C24H28N2O4. The van der Waals surface area contributed by atoms with E-state index in [1.807, 2.05) is 45.0 Å². The van der Waals surface area contributed by atoms with Crippen molar-refractivity contribution in [1.29, 1.82) is 0 Å². The second kappa shape index (κ2) is 9.48. The molecule has 0 fully saturated rings. The monoisotopic (exact) mass is 408 g/mol. The summed E-state index contributed by atoms with van der Waals surface area (Å²) in [5, 5.41) is 3.78. The Balaban J connectivity index is 1.72. The number of anilines is 1. The maximum absolute atomic E-state index is 13.0. The van der Waals surface area contributed by atoms with Crippen LogP contribution in [0.2, 0.25) is 0 Å². The summed E-state index contributed by atoms with van der Waals surface area (Å²) in [4.78, 5) is 27.2. The number of nitrogens with zero attached hydrogens (tertiary/aromatic N) is 1. The third kappa shape index (κ3) is 4.64. The first-order valence-electron chi connectivity index (χ1n) is 10.1. The number of furan rings is 1. The second-order valence-electron chi connectivity index (χ2n) is 7.39. The van der Waals surface area contributed by atoms with Gasteiger partial charge in [-0.2, -0.15) is 0 Å². The first kappa shape index (κ1) is 21.4. The highest BCUT2D eigenvalue weighted by Gasteiger charge is 2.20. The fourth-order valence-corrected chi connectivity index (χ4v) is 3.47. The molecular weight excluding hydrogens is 380 g/mol. The lowest BCUT2D eigenvalue weighted by molar-refractivity contribution is -0.134. The first-order valence-corrected chi connectivity index (χ1v) is 10.1. The average Bonchev–Trinajstić information content (AvgIpc) is 3.14. The molecule has 3 aromatic rings. The van der Waals surface area contributed by atoms with Crippen molar-refractivity contribution in [3.63, 3.8) is 0 Å². The minimum atomic E-state index is -0.259. The molecule has 0 saturated heterocycles. The highest BCUT2D eigenvalue weighted by atomic mass is 16.5. The summed E-state index contributed by atoms with van der Waals surface area (Å²) >= 11 is 0. The Morgan fingerprint density at radius 1 is 1.13 bits per heavy atom. The number of hydrogen-bond donors (Lipinski definition) is 1. The van der Waals surface area contributed by atoms with Crippen LogP contribution in [0.25, 0.3) is 11.0 Å².